The van der Waals surface area contributed by atoms with Crippen LogP contribution in [0.15, 0.2) is 53.7 Å². The fourth-order valence-electron chi connectivity index (χ4n) is 2.48. The van der Waals surface area contributed by atoms with Gasteiger partial charge >= 0.3 is 0 Å². The number of carbonyl (C=O) groups excluding carboxylic acids is 1. The van der Waals surface area contributed by atoms with Gasteiger partial charge in [0.05, 0.1) is 21.5 Å². The summed E-state index contributed by atoms with van der Waals surface area (Å²) in [6.07, 6.45) is -0.284. The second kappa shape index (κ2) is 9.32. The van der Waals surface area contributed by atoms with Gasteiger partial charge < -0.3 is 14.6 Å². The number of ether oxygens (including phenoxy) is 1. The van der Waals surface area contributed by atoms with E-state index in [2.05, 4.69) is 15.5 Å². The highest BCUT2D eigenvalue weighted by atomic mass is 35.5. The highest BCUT2D eigenvalue weighted by Crippen LogP contribution is 2.30. The molecule has 1 N–H and O–H groups in total. The van der Waals surface area contributed by atoms with Gasteiger partial charge in [0.2, 0.25) is 5.91 Å². The molecule has 0 saturated heterocycles. The van der Waals surface area contributed by atoms with Gasteiger partial charge in [-0.25, -0.2) is 0 Å². The molecule has 3 rings (SSSR count). The summed E-state index contributed by atoms with van der Waals surface area (Å²) in [5, 5.41) is 12.4. The number of hydrogen-bond acceptors (Lipinski definition) is 5. The molecule has 0 fully saturated rings. The number of rotatable bonds is 7. The van der Waals surface area contributed by atoms with E-state index in [4.69, 9.17) is 27.9 Å². The van der Waals surface area contributed by atoms with Crippen molar-refractivity contribution >= 4 is 46.6 Å². The van der Waals surface area contributed by atoms with E-state index < -0.39 is 0 Å². The number of anilines is 1. The molecule has 0 spiro atoms. The number of nitrogens with one attached hydrogen (secondary N) is 1. The zero-order valence-corrected chi connectivity index (χ0v) is 17.6. The Morgan fingerprint density at radius 2 is 1.93 bits per heavy atom. The number of halogens is 2. The van der Waals surface area contributed by atoms with Crippen LogP contribution in [0.3, 0.4) is 0 Å². The first-order valence-electron chi connectivity index (χ1n) is 8.43. The minimum atomic E-state index is -0.284. The molecule has 0 aliphatic rings. The molecule has 6 nitrogen and oxygen atoms in total. The second-order valence-corrected chi connectivity index (χ2v) is 7.64. The van der Waals surface area contributed by atoms with E-state index in [9.17, 15) is 4.79 Å². The van der Waals surface area contributed by atoms with E-state index in [1.165, 1.54) is 11.8 Å². The number of aromatic nitrogens is 3. The third kappa shape index (κ3) is 4.98. The van der Waals surface area contributed by atoms with Crippen molar-refractivity contribution in [2.24, 2.45) is 7.05 Å². The Labute approximate surface area is 177 Å². The molecular weight excluding hydrogens is 419 g/mol. The zero-order valence-electron chi connectivity index (χ0n) is 15.2. The number of hydrogen-bond donors (Lipinski definition) is 1. The van der Waals surface area contributed by atoms with Crippen molar-refractivity contribution in [2.45, 2.75) is 18.2 Å². The van der Waals surface area contributed by atoms with Crippen LogP contribution >= 0.6 is 35.0 Å². The molecule has 1 unspecified atom stereocenters. The van der Waals surface area contributed by atoms with Gasteiger partial charge in [-0.1, -0.05) is 59.2 Å². The molecule has 3 aromatic rings. The molecule has 0 aliphatic heterocycles. The van der Waals surface area contributed by atoms with Gasteiger partial charge in [0, 0.05) is 7.05 Å². The van der Waals surface area contributed by atoms with Gasteiger partial charge in [-0.2, -0.15) is 0 Å². The molecule has 1 atom stereocenters. The van der Waals surface area contributed by atoms with Crippen LogP contribution in [0, 0.1) is 0 Å². The average Bonchev–Trinajstić information content (AvgIpc) is 3.05. The third-order valence-electron chi connectivity index (χ3n) is 3.85. The summed E-state index contributed by atoms with van der Waals surface area (Å²) in [7, 11) is 1.84. The normalized spacial score (nSPS) is 11.9. The summed E-state index contributed by atoms with van der Waals surface area (Å²) in [6, 6.07) is 14.6. The number of amides is 1. The van der Waals surface area contributed by atoms with Crippen molar-refractivity contribution in [3.8, 4) is 5.75 Å². The number of para-hydroxylation sites is 1. The molecule has 0 radical (unpaired) electrons. The SMILES string of the molecule is CC(Oc1ccccc1)c1nnc(SCC(=O)Nc2cccc(Cl)c2Cl)n1C. The molecule has 2 aromatic carbocycles. The molecule has 9 heteroatoms. The first-order chi connectivity index (χ1) is 13.5. The molecule has 0 bridgehead atoms. The van der Waals surface area contributed by atoms with Gasteiger partial charge in [0.1, 0.15) is 5.75 Å². The Morgan fingerprint density at radius 1 is 1.18 bits per heavy atom. The minimum absolute atomic E-state index is 0.155. The smallest absolute Gasteiger partial charge is 0.234 e. The first kappa shape index (κ1) is 20.5. The van der Waals surface area contributed by atoms with Crippen molar-refractivity contribution in [1.82, 2.24) is 14.8 Å². The number of carbonyl (C=O) groups is 1. The Balaban J connectivity index is 1.59. The van der Waals surface area contributed by atoms with Crippen molar-refractivity contribution < 1.29 is 9.53 Å². The van der Waals surface area contributed by atoms with Crippen LogP contribution in [0.1, 0.15) is 18.9 Å². The summed E-state index contributed by atoms with van der Waals surface area (Å²) >= 11 is 13.3. The summed E-state index contributed by atoms with van der Waals surface area (Å²) in [6.45, 7) is 1.90. The van der Waals surface area contributed by atoms with Crippen molar-refractivity contribution in [2.75, 3.05) is 11.1 Å². The van der Waals surface area contributed by atoms with Gasteiger partial charge in [-0.05, 0) is 31.2 Å². The molecule has 28 heavy (non-hydrogen) atoms. The summed E-state index contributed by atoms with van der Waals surface area (Å²) in [5.41, 5.74) is 0.475. The maximum absolute atomic E-state index is 12.2. The fourth-order valence-corrected chi connectivity index (χ4v) is 3.54. The molecule has 0 saturated carbocycles. The molecule has 1 aromatic heterocycles. The largest absolute Gasteiger partial charge is 0.483 e. The number of benzene rings is 2. The van der Waals surface area contributed by atoms with Crippen LogP contribution in [-0.2, 0) is 11.8 Å². The molecule has 1 heterocycles. The van der Waals surface area contributed by atoms with Crippen LogP contribution in [-0.4, -0.2) is 26.4 Å². The Kier molecular flexibility index (Phi) is 6.83. The van der Waals surface area contributed by atoms with Crippen LogP contribution in [0.4, 0.5) is 5.69 Å². The molecular formula is C19H18Cl2N4O2S. The van der Waals surface area contributed by atoms with E-state index in [1.807, 2.05) is 48.9 Å². The number of nitrogens with zero attached hydrogens (tertiary/aromatic N) is 3. The monoisotopic (exact) mass is 436 g/mol. The van der Waals surface area contributed by atoms with Crippen molar-refractivity contribution in [3.63, 3.8) is 0 Å². The van der Waals surface area contributed by atoms with Crippen molar-refractivity contribution in [3.05, 3.63) is 64.4 Å². The lowest BCUT2D eigenvalue weighted by atomic mass is 10.3. The molecule has 1 amide bonds. The minimum Gasteiger partial charge on any atom is -0.483 e. The van der Waals surface area contributed by atoms with Gasteiger partial charge in [0.25, 0.3) is 0 Å². The lowest BCUT2D eigenvalue weighted by molar-refractivity contribution is -0.113. The Bertz CT molecular complexity index is 966. The standard InChI is InChI=1S/C19H18Cl2N4O2S/c1-12(27-13-7-4-3-5-8-13)18-23-24-19(25(18)2)28-11-16(26)22-15-10-6-9-14(20)17(15)21/h3-10,12H,11H2,1-2H3,(H,22,26). The quantitative estimate of drug-likeness (QED) is 0.528. The summed E-state index contributed by atoms with van der Waals surface area (Å²) in [5.74, 6) is 1.37. The van der Waals surface area contributed by atoms with Gasteiger partial charge in [-0.15, -0.1) is 10.2 Å². The molecule has 146 valence electrons. The van der Waals surface area contributed by atoms with Crippen LogP contribution in [0.25, 0.3) is 0 Å². The highest BCUT2D eigenvalue weighted by molar-refractivity contribution is 7.99. The highest BCUT2D eigenvalue weighted by Gasteiger charge is 2.18. The van der Waals surface area contributed by atoms with Crippen molar-refractivity contribution in [1.29, 1.82) is 0 Å². The maximum atomic E-state index is 12.2. The maximum Gasteiger partial charge on any atom is 0.234 e. The fraction of sp³-hybridized carbons (Fsp3) is 0.211. The average molecular weight is 437 g/mol. The lowest BCUT2D eigenvalue weighted by Gasteiger charge is -2.14. The van der Waals surface area contributed by atoms with E-state index >= 15 is 0 Å². The second-order valence-electron chi connectivity index (χ2n) is 5.91. The summed E-state index contributed by atoms with van der Waals surface area (Å²) in [4.78, 5) is 12.2. The van der Waals surface area contributed by atoms with E-state index in [0.717, 1.165) is 5.75 Å². The number of thioether (sulfide) groups is 1. The zero-order chi connectivity index (χ0) is 20.1. The van der Waals surface area contributed by atoms with E-state index in [1.54, 1.807) is 18.2 Å². The molecule has 0 aliphatic carbocycles. The first-order valence-corrected chi connectivity index (χ1v) is 10.2. The summed E-state index contributed by atoms with van der Waals surface area (Å²) < 4.78 is 7.70. The van der Waals surface area contributed by atoms with Crippen LogP contribution < -0.4 is 10.1 Å². The third-order valence-corrected chi connectivity index (χ3v) is 5.69. The van der Waals surface area contributed by atoms with Crippen LogP contribution in [0.5, 0.6) is 5.75 Å². The van der Waals surface area contributed by atoms with E-state index in [-0.39, 0.29) is 17.8 Å². The van der Waals surface area contributed by atoms with Crippen LogP contribution in [0.2, 0.25) is 10.0 Å². The Hall–Kier alpha value is -2.22. The Morgan fingerprint density at radius 3 is 2.68 bits per heavy atom. The van der Waals surface area contributed by atoms with E-state index in [0.29, 0.717) is 26.7 Å². The van der Waals surface area contributed by atoms with Gasteiger partial charge in [0.15, 0.2) is 17.1 Å². The van der Waals surface area contributed by atoms with Gasteiger partial charge in [-0.3, -0.25) is 4.79 Å². The predicted molar refractivity (Wildman–Crippen MR) is 112 cm³/mol. The predicted octanol–water partition coefficient (Wildman–Crippen LogP) is 4.99. The lowest BCUT2D eigenvalue weighted by Crippen LogP contribution is -2.15. The topological polar surface area (TPSA) is 69.0 Å².